The molecule has 1 fully saturated rings. The van der Waals surface area contributed by atoms with Crippen LogP contribution in [0.2, 0.25) is 18.1 Å². The third kappa shape index (κ3) is 26.6. The normalized spacial score (nSPS) is 14.4. The molecule has 0 radical (unpaired) electrons. The highest BCUT2D eigenvalue weighted by atomic mass is 28.4. The van der Waals surface area contributed by atoms with Crippen molar-refractivity contribution in [1.29, 1.82) is 0 Å². The van der Waals surface area contributed by atoms with E-state index in [9.17, 15) is 4.79 Å². The van der Waals surface area contributed by atoms with Crippen LogP contribution >= 0.6 is 0 Å². The van der Waals surface area contributed by atoms with Crippen molar-refractivity contribution in [2.75, 3.05) is 115 Å². The Morgan fingerprint density at radius 1 is 0.537 bits per heavy atom. The van der Waals surface area contributed by atoms with Gasteiger partial charge in [-0.1, -0.05) is 7.43 Å². The number of epoxide rings is 1. The molecular formula is C33H78O17Si4. The van der Waals surface area contributed by atoms with Gasteiger partial charge in [0.2, 0.25) is 0 Å². The number of ether oxygens (including phenoxy) is 3. The molecule has 0 aromatic carbocycles. The molecule has 0 aliphatic carbocycles. The van der Waals surface area contributed by atoms with Gasteiger partial charge in [-0.25, -0.2) is 0 Å². The molecule has 1 aliphatic heterocycles. The molecule has 1 aliphatic rings. The summed E-state index contributed by atoms with van der Waals surface area (Å²) in [6, 6.07) is 2.14. The van der Waals surface area contributed by atoms with Crippen LogP contribution in [0.15, 0.2) is 0 Å². The zero-order chi connectivity index (χ0) is 40.5. The van der Waals surface area contributed by atoms with Gasteiger partial charge in [0.1, 0.15) is 6.10 Å². The number of rotatable bonds is 33. The molecule has 0 aromatic rings. The second kappa shape index (κ2) is 35.9. The molecule has 17 nitrogen and oxygen atoms in total. The number of esters is 1. The quantitative estimate of drug-likeness (QED) is 0.0369. The fourth-order valence-corrected chi connectivity index (χ4v) is 12.8. The van der Waals surface area contributed by atoms with E-state index in [1.54, 1.807) is 21.3 Å². The van der Waals surface area contributed by atoms with Crippen LogP contribution in [0.3, 0.4) is 0 Å². The van der Waals surface area contributed by atoms with Crippen molar-refractivity contribution in [3.8, 4) is 0 Å². The first-order valence-electron chi connectivity index (χ1n) is 18.5. The van der Waals surface area contributed by atoms with E-state index in [0.29, 0.717) is 90.7 Å². The Morgan fingerprint density at radius 2 is 0.889 bits per heavy atom. The summed E-state index contributed by atoms with van der Waals surface area (Å²) in [7, 11) is -1.31. The van der Waals surface area contributed by atoms with Crippen molar-refractivity contribution >= 4 is 41.4 Å². The molecule has 328 valence electrons. The maximum absolute atomic E-state index is 10.5. The highest BCUT2D eigenvalue weighted by Gasteiger charge is 2.44. The fourth-order valence-electron chi connectivity index (χ4n) is 4.75. The molecule has 0 saturated carbocycles. The minimum Gasteiger partial charge on any atom is -0.466 e. The van der Waals surface area contributed by atoms with Gasteiger partial charge in [-0.3, -0.25) is 4.79 Å². The molecule has 0 amide bonds. The van der Waals surface area contributed by atoms with Crippen LogP contribution < -0.4 is 0 Å². The molecule has 1 heterocycles. The first kappa shape index (κ1) is 58.1. The van der Waals surface area contributed by atoms with E-state index in [2.05, 4.69) is 0 Å². The highest BCUT2D eigenvalue weighted by molar-refractivity contribution is 6.61. The van der Waals surface area contributed by atoms with E-state index in [-0.39, 0.29) is 13.4 Å². The number of carbonyl (C=O) groups is 1. The summed E-state index contributed by atoms with van der Waals surface area (Å²) in [5, 5.41) is 0. The minimum absolute atomic E-state index is 0. The van der Waals surface area contributed by atoms with Gasteiger partial charge in [0.05, 0.1) is 19.8 Å². The SMILES string of the molecule is C.CCO[Si](CCCOCC1CO1)(OCC)OCC.CCO[Si](CCCO[Si](OC)(OC)OC)(OCC)OCC.CO[Si](CCCOC(C)=O)(OC)OC. The predicted molar refractivity (Wildman–Crippen MR) is 213 cm³/mol. The molecule has 1 atom stereocenters. The lowest BCUT2D eigenvalue weighted by molar-refractivity contribution is -0.141. The lowest BCUT2D eigenvalue weighted by atomic mass is 10.5. The highest BCUT2D eigenvalue weighted by Crippen LogP contribution is 2.20. The van der Waals surface area contributed by atoms with Crippen molar-refractivity contribution < 1.29 is 76.5 Å². The first-order valence-corrected chi connectivity index (χ1v) is 26.0. The predicted octanol–water partition coefficient (Wildman–Crippen LogP) is 5.11. The van der Waals surface area contributed by atoms with Crippen molar-refractivity contribution in [2.45, 2.75) is 99.4 Å². The molecule has 0 bridgehead atoms. The summed E-state index contributed by atoms with van der Waals surface area (Å²) in [6.07, 6.45) is 2.63. The van der Waals surface area contributed by atoms with Gasteiger partial charge in [0.15, 0.2) is 0 Å². The van der Waals surface area contributed by atoms with E-state index < -0.39 is 35.5 Å². The van der Waals surface area contributed by atoms with Crippen LogP contribution in [0.25, 0.3) is 0 Å². The Morgan fingerprint density at radius 3 is 1.20 bits per heavy atom. The molecular weight excluding hydrogens is 781 g/mol. The molecule has 1 unspecified atom stereocenters. The van der Waals surface area contributed by atoms with Gasteiger partial charge in [-0.05, 0) is 60.8 Å². The van der Waals surface area contributed by atoms with Gasteiger partial charge in [0, 0.05) is 121 Å². The zero-order valence-electron chi connectivity index (χ0n) is 35.0. The van der Waals surface area contributed by atoms with E-state index in [1.165, 1.54) is 28.3 Å². The monoisotopic (exact) mass is 858 g/mol. The van der Waals surface area contributed by atoms with Gasteiger partial charge >= 0.3 is 41.4 Å². The van der Waals surface area contributed by atoms with E-state index in [1.807, 2.05) is 41.5 Å². The smallest absolute Gasteiger partial charge is 0.466 e. The van der Waals surface area contributed by atoms with Crippen LogP contribution in [0.5, 0.6) is 0 Å². The molecule has 0 aromatic heterocycles. The van der Waals surface area contributed by atoms with Crippen molar-refractivity contribution in [3.63, 3.8) is 0 Å². The second-order valence-corrected chi connectivity index (χ2v) is 22.0. The van der Waals surface area contributed by atoms with Crippen molar-refractivity contribution in [1.82, 2.24) is 0 Å². The van der Waals surface area contributed by atoms with Crippen LogP contribution in [-0.2, 0) is 76.5 Å². The minimum atomic E-state index is -2.98. The van der Waals surface area contributed by atoms with E-state index in [4.69, 9.17) is 71.7 Å². The van der Waals surface area contributed by atoms with Gasteiger partial charge < -0.3 is 71.7 Å². The standard InChI is InChI=1S/C12H30O7Si2.C12H26O5Si.C8H18O5Si.CH4/c1-7-16-20(17-8-2,18-9-3)12-10-11-19-21(13-4,14-5)15-6;1-4-15-18(16-5-2,17-6-3)9-7-8-13-10-12-11-14-12;1-8(9)13-6-5-7-14(10-2,11-3)12-4;/h7-12H2,1-6H3;12H,4-11H2,1-3H3;5-7H2,1-4H3;1H4. The summed E-state index contributed by atoms with van der Waals surface area (Å²) in [5.74, 6) is -0.274. The van der Waals surface area contributed by atoms with Crippen LogP contribution in [0.4, 0.5) is 0 Å². The topological polar surface area (TPSA) is 168 Å². The Hall–Kier alpha value is -0.262. The Bertz CT molecular complexity index is 790. The largest absolute Gasteiger partial charge is 0.678 e. The second-order valence-electron chi connectivity index (χ2n) is 10.9. The van der Waals surface area contributed by atoms with Crippen LogP contribution in [-0.4, -0.2) is 163 Å². The maximum Gasteiger partial charge on any atom is 0.678 e. The molecule has 21 heteroatoms. The Balaban J connectivity index is -0.000000730. The first-order chi connectivity index (χ1) is 25.4. The van der Waals surface area contributed by atoms with E-state index >= 15 is 0 Å². The Kier molecular flexibility index (Phi) is 38.6. The Labute approximate surface area is 332 Å². The summed E-state index contributed by atoms with van der Waals surface area (Å²) < 4.78 is 86.8. The summed E-state index contributed by atoms with van der Waals surface area (Å²) in [6.45, 7) is 19.8. The molecule has 0 spiro atoms. The molecule has 1 rings (SSSR count). The van der Waals surface area contributed by atoms with Crippen molar-refractivity contribution in [2.24, 2.45) is 0 Å². The summed E-state index contributed by atoms with van der Waals surface area (Å²) in [4.78, 5) is 10.5. The van der Waals surface area contributed by atoms with Crippen LogP contribution in [0, 0.1) is 0 Å². The average molecular weight is 859 g/mol. The lowest BCUT2D eigenvalue weighted by Crippen LogP contribution is -2.48. The zero-order valence-corrected chi connectivity index (χ0v) is 39.0. The number of hydrogen-bond acceptors (Lipinski definition) is 17. The number of carbonyl (C=O) groups excluding carboxylic acids is 1. The summed E-state index contributed by atoms with van der Waals surface area (Å²) >= 11 is 0. The average Bonchev–Trinajstić information content (AvgIpc) is 3.98. The molecule has 54 heavy (non-hydrogen) atoms. The van der Waals surface area contributed by atoms with Gasteiger partial charge in [0.25, 0.3) is 0 Å². The number of hydrogen-bond donors (Lipinski definition) is 0. The van der Waals surface area contributed by atoms with Gasteiger partial charge in [-0.2, -0.15) is 0 Å². The third-order valence-electron chi connectivity index (χ3n) is 7.19. The van der Waals surface area contributed by atoms with Gasteiger partial charge in [-0.15, -0.1) is 0 Å². The maximum atomic E-state index is 10.5. The van der Waals surface area contributed by atoms with E-state index in [0.717, 1.165) is 25.5 Å². The molecule has 0 N–H and O–H groups in total. The van der Waals surface area contributed by atoms with Crippen LogP contribution in [0.1, 0.15) is 75.2 Å². The lowest BCUT2D eigenvalue weighted by Gasteiger charge is -2.29. The molecule has 1 saturated heterocycles. The third-order valence-corrected chi connectivity index (χ3v) is 18.4. The summed E-state index contributed by atoms with van der Waals surface area (Å²) in [5.41, 5.74) is 0. The van der Waals surface area contributed by atoms with Crippen molar-refractivity contribution in [3.05, 3.63) is 0 Å². The fraction of sp³-hybridized carbons (Fsp3) is 0.970.